The molecule has 58 valence electrons. The van der Waals surface area contributed by atoms with Crippen molar-refractivity contribution in [3.63, 3.8) is 0 Å². The van der Waals surface area contributed by atoms with E-state index in [2.05, 4.69) is 12.6 Å². The molecule has 0 bridgehead atoms. The third-order valence-corrected chi connectivity index (χ3v) is 2.18. The van der Waals surface area contributed by atoms with Gasteiger partial charge >= 0.3 is 5.97 Å². The van der Waals surface area contributed by atoms with Crippen molar-refractivity contribution in [2.24, 2.45) is 0 Å². The lowest BCUT2D eigenvalue weighted by atomic mass is 10.4. The minimum Gasteiger partial charge on any atom is -0.477 e. The van der Waals surface area contributed by atoms with Gasteiger partial charge in [-0.05, 0) is 17.5 Å². The van der Waals surface area contributed by atoms with E-state index >= 15 is 0 Å². The molecule has 2 nitrogen and oxygen atoms in total. The van der Waals surface area contributed by atoms with Gasteiger partial charge < -0.3 is 5.11 Å². The lowest BCUT2D eigenvalue weighted by Crippen LogP contribution is -1.92. The summed E-state index contributed by atoms with van der Waals surface area (Å²) in [5.41, 5.74) is 0. The lowest BCUT2D eigenvalue weighted by Gasteiger charge is -1.88. The number of carboxylic acid groups (broad SMARTS) is 1. The molecule has 4 heteroatoms. The van der Waals surface area contributed by atoms with E-state index in [1.54, 1.807) is 0 Å². The number of thiophene rings is 1. The summed E-state index contributed by atoms with van der Waals surface area (Å²) in [7, 11) is 0. The zero-order valence-electron chi connectivity index (χ0n) is 5.52. The number of rotatable bonds is 2. The average molecular weight is 186 g/mol. The molecule has 1 N–H and O–H groups in total. The Hall–Kier alpha value is -0.740. The van der Waals surface area contributed by atoms with Crippen LogP contribution in [0.15, 0.2) is 22.4 Å². The first kappa shape index (κ1) is 8.36. The van der Waals surface area contributed by atoms with E-state index < -0.39 is 5.97 Å². The first-order valence-corrected chi connectivity index (χ1v) is 4.20. The standard InChI is InChI=1S/C7H6O2S2/c8-7(9)6(10)4-5-2-1-3-11-5/h1-4,10H,(H,8,9)/b6-4-. The molecule has 11 heavy (non-hydrogen) atoms. The number of hydrogen-bond acceptors (Lipinski definition) is 3. The van der Waals surface area contributed by atoms with Crippen molar-refractivity contribution in [1.82, 2.24) is 0 Å². The first-order valence-electron chi connectivity index (χ1n) is 2.87. The third kappa shape index (κ3) is 2.40. The highest BCUT2D eigenvalue weighted by Gasteiger charge is 2.00. The quantitative estimate of drug-likeness (QED) is 0.548. The summed E-state index contributed by atoms with van der Waals surface area (Å²) < 4.78 is 0. The summed E-state index contributed by atoms with van der Waals surface area (Å²) in [5.74, 6) is -0.998. The number of carboxylic acids is 1. The highest BCUT2D eigenvalue weighted by molar-refractivity contribution is 7.85. The van der Waals surface area contributed by atoms with Crippen LogP contribution in [0.5, 0.6) is 0 Å². The van der Waals surface area contributed by atoms with Crippen LogP contribution in [-0.4, -0.2) is 11.1 Å². The van der Waals surface area contributed by atoms with Crippen LogP contribution in [0.1, 0.15) is 4.88 Å². The van der Waals surface area contributed by atoms with Crippen molar-refractivity contribution in [2.75, 3.05) is 0 Å². The summed E-state index contributed by atoms with van der Waals surface area (Å²) in [6.07, 6.45) is 1.52. The molecule has 0 fully saturated rings. The molecule has 0 spiro atoms. The number of carbonyl (C=O) groups is 1. The van der Waals surface area contributed by atoms with Crippen molar-refractivity contribution in [2.45, 2.75) is 0 Å². The Morgan fingerprint density at radius 1 is 1.73 bits per heavy atom. The summed E-state index contributed by atoms with van der Waals surface area (Å²) in [5, 5.41) is 10.3. The Morgan fingerprint density at radius 2 is 2.45 bits per heavy atom. The molecular formula is C7H6O2S2. The second-order valence-corrected chi connectivity index (χ2v) is 3.31. The van der Waals surface area contributed by atoms with Gasteiger partial charge in [-0.3, -0.25) is 0 Å². The molecule has 1 heterocycles. The van der Waals surface area contributed by atoms with E-state index in [0.717, 1.165) is 4.88 Å². The molecule has 0 amide bonds. The van der Waals surface area contributed by atoms with Crippen LogP contribution < -0.4 is 0 Å². The zero-order chi connectivity index (χ0) is 8.27. The van der Waals surface area contributed by atoms with Crippen LogP contribution in [0, 0.1) is 0 Å². The second-order valence-electron chi connectivity index (χ2n) is 1.85. The van der Waals surface area contributed by atoms with E-state index in [4.69, 9.17) is 5.11 Å². The van der Waals surface area contributed by atoms with Gasteiger partial charge in [0.15, 0.2) is 0 Å². The zero-order valence-corrected chi connectivity index (χ0v) is 7.23. The minimum atomic E-state index is -0.998. The molecule has 1 aromatic rings. The summed E-state index contributed by atoms with van der Waals surface area (Å²) in [6.45, 7) is 0. The van der Waals surface area contributed by atoms with Crippen LogP contribution in [0.25, 0.3) is 6.08 Å². The van der Waals surface area contributed by atoms with Gasteiger partial charge in [0.1, 0.15) is 0 Å². The van der Waals surface area contributed by atoms with Gasteiger partial charge in [-0.15, -0.1) is 24.0 Å². The fraction of sp³-hybridized carbons (Fsp3) is 0. The second kappa shape index (κ2) is 3.59. The molecule has 1 aromatic heterocycles. The van der Waals surface area contributed by atoms with Crippen molar-refractivity contribution in [1.29, 1.82) is 0 Å². The maximum atomic E-state index is 10.3. The SMILES string of the molecule is O=C(O)/C(S)=C/c1cccs1. The third-order valence-electron chi connectivity index (χ3n) is 1.04. The highest BCUT2D eigenvalue weighted by Crippen LogP contribution is 2.14. The fourth-order valence-electron chi connectivity index (χ4n) is 0.570. The molecule has 0 unspecified atom stereocenters. The highest BCUT2D eigenvalue weighted by atomic mass is 32.1. The molecule has 0 aromatic carbocycles. The molecule has 0 saturated heterocycles. The predicted molar refractivity (Wildman–Crippen MR) is 48.9 cm³/mol. The van der Waals surface area contributed by atoms with E-state index in [-0.39, 0.29) is 4.91 Å². The summed E-state index contributed by atoms with van der Waals surface area (Å²) in [6, 6.07) is 3.70. The number of thiol groups is 1. The molecule has 0 saturated carbocycles. The molecular weight excluding hydrogens is 180 g/mol. The molecule has 0 radical (unpaired) electrons. The van der Waals surface area contributed by atoms with E-state index in [1.165, 1.54) is 17.4 Å². The van der Waals surface area contributed by atoms with E-state index in [9.17, 15) is 4.79 Å². The van der Waals surface area contributed by atoms with Gasteiger partial charge in [0.25, 0.3) is 0 Å². The topological polar surface area (TPSA) is 37.3 Å². The lowest BCUT2D eigenvalue weighted by molar-refractivity contribution is -0.131. The smallest absolute Gasteiger partial charge is 0.341 e. The Balaban J connectivity index is 2.82. The largest absolute Gasteiger partial charge is 0.477 e. The Labute approximate surface area is 73.6 Å². The van der Waals surface area contributed by atoms with Crippen molar-refractivity contribution in [3.05, 3.63) is 27.3 Å². The molecule has 0 aliphatic heterocycles. The van der Waals surface area contributed by atoms with Crippen molar-refractivity contribution >= 4 is 36.0 Å². The Morgan fingerprint density at radius 3 is 2.91 bits per heavy atom. The van der Waals surface area contributed by atoms with Gasteiger partial charge in [0, 0.05) is 4.88 Å². The van der Waals surface area contributed by atoms with Gasteiger partial charge in [-0.25, -0.2) is 4.79 Å². The Bertz CT molecular complexity index is 275. The molecule has 0 atom stereocenters. The van der Waals surface area contributed by atoms with Gasteiger partial charge in [-0.1, -0.05) is 6.07 Å². The minimum absolute atomic E-state index is 0.0625. The predicted octanol–water partition coefficient (Wildman–Crippen LogP) is 2.10. The van der Waals surface area contributed by atoms with E-state index in [1.807, 2.05) is 17.5 Å². The maximum Gasteiger partial charge on any atom is 0.341 e. The molecule has 0 aliphatic carbocycles. The average Bonchev–Trinajstić information content (AvgIpc) is 2.39. The van der Waals surface area contributed by atoms with Crippen LogP contribution in [0.2, 0.25) is 0 Å². The molecule has 1 rings (SSSR count). The normalized spacial score (nSPS) is 11.5. The van der Waals surface area contributed by atoms with Gasteiger partial charge in [0.05, 0.1) is 4.91 Å². The first-order chi connectivity index (χ1) is 5.20. The van der Waals surface area contributed by atoms with Crippen LogP contribution in [0.3, 0.4) is 0 Å². The number of hydrogen-bond donors (Lipinski definition) is 2. The summed E-state index contributed by atoms with van der Waals surface area (Å²) >= 11 is 5.26. The van der Waals surface area contributed by atoms with Gasteiger partial charge in [0.2, 0.25) is 0 Å². The van der Waals surface area contributed by atoms with Gasteiger partial charge in [-0.2, -0.15) is 0 Å². The van der Waals surface area contributed by atoms with Crippen LogP contribution in [-0.2, 0) is 4.79 Å². The van der Waals surface area contributed by atoms with Crippen LogP contribution in [0.4, 0.5) is 0 Å². The van der Waals surface area contributed by atoms with E-state index in [0.29, 0.717) is 0 Å². The fourth-order valence-corrected chi connectivity index (χ4v) is 1.45. The monoisotopic (exact) mass is 186 g/mol. The van der Waals surface area contributed by atoms with Crippen molar-refractivity contribution < 1.29 is 9.90 Å². The maximum absolute atomic E-state index is 10.3. The van der Waals surface area contributed by atoms with Crippen LogP contribution >= 0.6 is 24.0 Å². The number of aliphatic carboxylic acids is 1. The Kier molecular flexibility index (Phi) is 2.73. The molecule has 0 aliphatic rings. The summed E-state index contributed by atoms with van der Waals surface area (Å²) in [4.78, 5) is 11.2. The van der Waals surface area contributed by atoms with Crippen molar-refractivity contribution in [3.8, 4) is 0 Å².